The summed E-state index contributed by atoms with van der Waals surface area (Å²) in [5, 5.41) is 0.563. The highest BCUT2D eigenvalue weighted by Crippen LogP contribution is 2.32. The summed E-state index contributed by atoms with van der Waals surface area (Å²) < 4.78 is 11.7. The zero-order valence-corrected chi connectivity index (χ0v) is 16.6. The molecule has 0 unspecified atom stereocenters. The van der Waals surface area contributed by atoms with E-state index in [1.165, 1.54) is 31.2 Å². The Morgan fingerprint density at radius 3 is 2.35 bits per heavy atom. The van der Waals surface area contributed by atoms with Gasteiger partial charge in [0.25, 0.3) is 0 Å². The number of ether oxygens (including phenoxy) is 2. The molecule has 140 valence electrons. The van der Waals surface area contributed by atoms with Gasteiger partial charge in [0.05, 0.1) is 11.6 Å². The number of benzene rings is 2. The second-order valence-electron chi connectivity index (χ2n) is 6.31. The monoisotopic (exact) mass is 372 g/mol. The summed E-state index contributed by atoms with van der Waals surface area (Å²) >= 11 is 6.34. The second-order valence-corrected chi connectivity index (χ2v) is 6.72. The Bertz CT molecular complexity index is 677. The minimum absolute atomic E-state index is 0.563. The number of hydrogen-bond acceptors (Lipinski definition) is 2. The maximum absolute atomic E-state index is 6.34. The predicted octanol–water partition coefficient (Wildman–Crippen LogP) is 7.60. The summed E-state index contributed by atoms with van der Waals surface area (Å²) in [5.41, 5.74) is 1.29. The Labute approximate surface area is 162 Å². The number of rotatable bonds is 11. The van der Waals surface area contributed by atoms with Gasteiger partial charge in [0.1, 0.15) is 17.2 Å². The van der Waals surface area contributed by atoms with E-state index >= 15 is 0 Å². The normalized spacial score (nSPS) is 11.0. The molecule has 0 fully saturated rings. The van der Waals surface area contributed by atoms with Crippen molar-refractivity contribution in [2.75, 3.05) is 6.61 Å². The molecule has 0 amide bonds. The first-order valence-electron chi connectivity index (χ1n) is 9.53. The quantitative estimate of drug-likeness (QED) is 0.298. The van der Waals surface area contributed by atoms with Crippen molar-refractivity contribution in [3.63, 3.8) is 0 Å². The number of allylic oxidation sites excluding steroid dienone is 2. The van der Waals surface area contributed by atoms with Crippen molar-refractivity contribution in [3.05, 3.63) is 65.2 Å². The van der Waals surface area contributed by atoms with Crippen LogP contribution in [0.1, 0.15) is 51.5 Å². The van der Waals surface area contributed by atoms with Gasteiger partial charge in [0.15, 0.2) is 0 Å². The standard InChI is InChI=1S/C23H29ClO2/c1-3-5-6-7-8-9-10-17-25-21-15-16-23(22(24)18-21)26-20-13-11-19(4-2)12-14-20/h3,5,11-16,18H,4,6-10,17H2,1-2H3/b5-3+. The van der Waals surface area contributed by atoms with Crippen molar-refractivity contribution in [3.8, 4) is 17.2 Å². The Balaban J connectivity index is 1.75. The first-order valence-corrected chi connectivity index (χ1v) is 9.91. The molecule has 3 heteroatoms. The van der Waals surface area contributed by atoms with Crippen LogP contribution < -0.4 is 9.47 Å². The third-order valence-corrected chi connectivity index (χ3v) is 4.53. The van der Waals surface area contributed by atoms with Gasteiger partial charge in [0, 0.05) is 6.07 Å². The summed E-state index contributed by atoms with van der Waals surface area (Å²) in [6.07, 6.45) is 11.3. The molecule has 0 aliphatic carbocycles. The van der Waals surface area contributed by atoms with Crippen LogP contribution in [0, 0.1) is 0 Å². The molecule has 0 saturated heterocycles. The van der Waals surface area contributed by atoms with Crippen LogP contribution in [0.25, 0.3) is 0 Å². The predicted molar refractivity (Wildman–Crippen MR) is 111 cm³/mol. The molecule has 2 nitrogen and oxygen atoms in total. The summed E-state index contributed by atoms with van der Waals surface area (Å²) in [6.45, 7) is 4.92. The Kier molecular flexibility index (Phi) is 9.13. The molecule has 0 spiro atoms. The van der Waals surface area contributed by atoms with Gasteiger partial charge < -0.3 is 9.47 Å². The number of hydrogen-bond donors (Lipinski definition) is 0. The summed E-state index contributed by atoms with van der Waals surface area (Å²) in [5.74, 6) is 2.22. The highest BCUT2D eigenvalue weighted by atomic mass is 35.5. The van der Waals surface area contributed by atoms with E-state index < -0.39 is 0 Å². The maximum atomic E-state index is 6.34. The third-order valence-electron chi connectivity index (χ3n) is 4.23. The molecule has 0 bridgehead atoms. The largest absolute Gasteiger partial charge is 0.494 e. The molecule has 0 heterocycles. The lowest BCUT2D eigenvalue weighted by molar-refractivity contribution is 0.304. The van der Waals surface area contributed by atoms with Gasteiger partial charge in [0.2, 0.25) is 0 Å². The molecule has 26 heavy (non-hydrogen) atoms. The van der Waals surface area contributed by atoms with Crippen molar-refractivity contribution in [2.24, 2.45) is 0 Å². The van der Waals surface area contributed by atoms with Gasteiger partial charge >= 0.3 is 0 Å². The van der Waals surface area contributed by atoms with Crippen LogP contribution in [0.5, 0.6) is 17.2 Å². The Hall–Kier alpha value is -1.93. The molecule has 2 aromatic rings. The van der Waals surface area contributed by atoms with E-state index in [9.17, 15) is 0 Å². The van der Waals surface area contributed by atoms with Crippen LogP contribution in [-0.4, -0.2) is 6.61 Å². The molecule has 2 rings (SSSR count). The van der Waals surface area contributed by atoms with Crippen LogP contribution in [0.4, 0.5) is 0 Å². The van der Waals surface area contributed by atoms with Crippen molar-refractivity contribution in [1.29, 1.82) is 0 Å². The molecular weight excluding hydrogens is 344 g/mol. The number of halogens is 1. The average Bonchev–Trinajstić information content (AvgIpc) is 2.66. The van der Waals surface area contributed by atoms with Crippen LogP contribution in [-0.2, 0) is 6.42 Å². The molecule has 0 radical (unpaired) electrons. The molecule has 2 aromatic carbocycles. The zero-order chi connectivity index (χ0) is 18.6. The van der Waals surface area contributed by atoms with E-state index in [2.05, 4.69) is 38.1 Å². The number of unbranched alkanes of at least 4 members (excludes halogenated alkanes) is 4. The lowest BCUT2D eigenvalue weighted by Gasteiger charge is -2.11. The Morgan fingerprint density at radius 1 is 0.923 bits per heavy atom. The first-order chi connectivity index (χ1) is 12.7. The van der Waals surface area contributed by atoms with Crippen molar-refractivity contribution in [2.45, 2.75) is 52.4 Å². The fourth-order valence-electron chi connectivity index (χ4n) is 2.65. The highest BCUT2D eigenvalue weighted by Gasteiger charge is 2.06. The van der Waals surface area contributed by atoms with E-state index in [1.54, 1.807) is 0 Å². The SMILES string of the molecule is C/C=C/CCCCCCOc1ccc(Oc2ccc(CC)cc2)c(Cl)c1. The topological polar surface area (TPSA) is 18.5 Å². The van der Waals surface area contributed by atoms with E-state index in [4.69, 9.17) is 21.1 Å². The van der Waals surface area contributed by atoms with Crippen molar-refractivity contribution in [1.82, 2.24) is 0 Å². The minimum atomic E-state index is 0.563. The lowest BCUT2D eigenvalue weighted by atomic mass is 10.1. The highest BCUT2D eigenvalue weighted by molar-refractivity contribution is 6.32. The number of aryl methyl sites for hydroxylation is 1. The third kappa shape index (κ3) is 7.13. The maximum Gasteiger partial charge on any atom is 0.146 e. The molecule has 0 saturated carbocycles. The molecule has 0 aliphatic rings. The van der Waals surface area contributed by atoms with E-state index in [0.29, 0.717) is 10.8 Å². The van der Waals surface area contributed by atoms with Crippen molar-refractivity contribution >= 4 is 11.6 Å². The first kappa shape index (κ1) is 20.4. The van der Waals surface area contributed by atoms with Crippen LogP contribution in [0.3, 0.4) is 0 Å². The molecule has 0 aromatic heterocycles. The summed E-state index contributed by atoms with van der Waals surface area (Å²) in [6, 6.07) is 13.7. The van der Waals surface area contributed by atoms with Crippen LogP contribution >= 0.6 is 11.6 Å². The fraction of sp³-hybridized carbons (Fsp3) is 0.391. The smallest absolute Gasteiger partial charge is 0.146 e. The second kappa shape index (κ2) is 11.6. The molecule has 0 aliphatic heterocycles. The lowest BCUT2D eigenvalue weighted by Crippen LogP contribution is -1.97. The molecule has 0 atom stereocenters. The van der Waals surface area contributed by atoms with Crippen LogP contribution in [0.15, 0.2) is 54.6 Å². The van der Waals surface area contributed by atoms with Gasteiger partial charge in [-0.15, -0.1) is 0 Å². The van der Waals surface area contributed by atoms with Crippen molar-refractivity contribution < 1.29 is 9.47 Å². The minimum Gasteiger partial charge on any atom is -0.494 e. The summed E-state index contributed by atoms with van der Waals surface area (Å²) in [4.78, 5) is 0. The summed E-state index contributed by atoms with van der Waals surface area (Å²) in [7, 11) is 0. The molecular formula is C23H29ClO2. The van der Waals surface area contributed by atoms with E-state index in [-0.39, 0.29) is 0 Å². The molecule has 0 N–H and O–H groups in total. The Morgan fingerprint density at radius 2 is 1.65 bits per heavy atom. The van der Waals surface area contributed by atoms with Crippen LogP contribution in [0.2, 0.25) is 5.02 Å². The van der Waals surface area contributed by atoms with Gasteiger partial charge in [-0.1, -0.05) is 55.7 Å². The van der Waals surface area contributed by atoms with E-state index in [1.807, 2.05) is 30.3 Å². The van der Waals surface area contributed by atoms with Gasteiger partial charge in [-0.25, -0.2) is 0 Å². The average molecular weight is 373 g/mol. The van der Waals surface area contributed by atoms with E-state index in [0.717, 1.165) is 30.9 Å². The fourth-order valence-corrected chi connectivity index (χ4v) is 2.86. The van der Waals surface area contributed by atoms with Gasteiger partial charge in [-0.3, -0.25) is 0 Å². The van der Waals surface area contributed by atoms with Gasteiger partial charge in [-0.05, 0) is 62.4 Å². The zero-order valence-electron chi connectivity index (χ0n) is 15.8. The van der Waals surface area contributed by atoms with Gasteiger partial charge in [-0.2, -0.15) is 0 Å².